The van der Waals surface area contributed by atoms with Crippen LogP contribution in [0.2, 0.25) is 5.15 Å². The Morgan fingerprint density at radius 1 is 1.43 bits per heavy atom. The summed E-state index contributed by atoms with van der Waals surface area (Å²) in [5, 5.41) is 19.3. The molecule has 0 aromatic carbocycles. The van der Waals surface area contributed by atoms with Gasteiger partial charge in [-0.3, -0.25) is 4.57 Å². The van der Waals surface area contributed by atoms with E-state index < -0.39 is 29.4 Å². The number of nitrogen functional groups attached to an aromatic ring is 1. The number of hydrogen-bond donors (Lipinski definition) is 3. The van der Waals surface area contributed by atoms with Crippen molar-refractivity contribution in [3.8, 4) is 0 Å². The van der Waals surface area contributed by atoms with Gasteiger partial charge in [0, 0.05) is 0 Å². The summed E-state index contributed by atoms with van der Waals surface area (Å²) < 4.78 is 5.17. The number of anilines is 1. The van der Waals surface area contributed by atoms with Gasteiger partial charge in [-0.25, -0.2) is 4.98 Å². The third-order valence-corrected chi connectivity index (χ3v) is 4.29. The molecule has 3 atom stereocenters. The molecule has 0 radical (unpaired) electrons. The molecule has 1 aliphatic rings. The second-order valence-electron chi connectivity index (χ2n) is 4.53. The van der Waals surface area contributed by atoms with Crippen molar-refractivity contribution in [2.45, 2.75) is 22.8 Å². The maximum absolute atomic E-state index is 10.0. The number of ether oxygens (including phenoxy) is 1. The zero-order valence-electron chi connectivity index (χ0n) is 10.3. The third-order valence-electron chi connectivity index (χ3n) is 3.21. The number of aromatic nitrogens is 4. The summed E-state index contributed by atoms with van der Waals surface area (Å²) in [5.41, 5.74) is 6.11. The molecule has 11 heteroatoms. The number of hydrogen-bond acceptors (Lipinski definition) is 7. The Balaban J connectivity index is 2.13. The van der Waals surface area contributed by atoms with Crippen LogP contribution in [-0.2, 0) is 4.74 Å². The lowest BCUT2D eigenvalue weighted by molar-refractivity contribution is -0.0434. The van der Waals surface area contributed by atoms with Crippen LogP contribution in [0.5, 0.6) is 0 Å². The first-order chi connectivity index (χ1) is 9.86. The van der Waals surface area contributed by atoms with Gasteiger partial charge in [0.05, 0.1) is 12.9 Å². The SMILES string of the molecule is Nc1nc(Cl)c2ncn([C@@H]3O[C@H](CO)[C@@H](O)C3(Cl)Cl)c2n1. The fraction of sp³-hybridized carbons (Fsp3) is 0.500. The molecule has 0 aliphatic carbocycles. The predicted octanol–water partition coefficient (Wildman–Crippen LogP) is 0.486. The van der Waals surface area contributed by atoms with Gasteiger partial charge in [0.15, 0.2) is 21.4 Å². The maximum Gasteiger partial charge on any atom is 0.223 e. The predicted molar refractivity (Wildman–Crippen MR) is 76.2 cm³/mol. The molecule has 0 saturated carbocycles. The molecule has 3 heterocycles. The van der Waals surface area contributed by atoms with Crippen LogP contribution >= 0.6 is 34.8 Å². The van der Waals surface area contributed by atoms with Crippen molar-refractivity contribution in [2.75, 3.05) is 12.3 Å². The molecule has 2 aromatic rings. The van der Waals surface area contributed by atoms with E-state index in [4.69, 9.17) is 45.3 Å². The molecule has 2 aromatic heterocycles. The zero-order chi connectivity index (χ0) is 15.4. The van der Waals surface area contributed by atoms with E-state index >= 15 is 0 Å². The van der Waals surface area contributed by atoms with Crippen LogP contribution in [-0.4, -0.2) is 52.9 Å². The number of rotatable bonds is 2. The summed E-state index contributed by atoms with van der Waals surface area (Å²) in [5.74, 6) is -0.0544. The highest BCUT2D eigenvalue weighted by Gasteiger charge is 2.55. The first kappa shape index (κ1) is 15.0. The van der Waals surface area contributed by atoms with Crippen LogP contribution in [0.15, 0.2) is 6.33 Å². The average Bonchev–Trinajstić information content (AvgIpc) is 2.91. The second kappa shape index (κ2) is 5.08. The van der Waals surface area contributed by atoms with Crippen LogP contribution in [0.1, 0.15) is 6.23 Å². The second-order valence-corrected chi connectivity index (χ2v) is 6.33. The van der Waals surface area contributed by atoms with E-state index in [1.165, 1.54) is 10.9 Å². The highest BCUT2D eigenvalue weighted by molar-refractivity contribution is 6.49. The zero-order valence-corrected chi connectivity index (χ0v) is 12.6. The minimum Gasteiger partial charge on any atom is -0.394 e. The van der Waals surface area contributed by atoms with E-state index in [1.54, 1.807) is 0 Å². The van der Waals surface area contributed by atoms with Gasteiger partial charge in [0.2, 0.25) is 5.95 Å². The van der Waals surface area contributed by atoms with Crippen LogP contribution in [0.4, 0.5) is 5.95 Å². The number of nitrogens with two attached hydrogens (primary N) is 1. The lowest BCUT2D eigenvalue weighted by atomic mass is 10.2. The summed E-state index contributed by atoms with van der Waals surface area (Å²) in [6.07, 6.45) is -1.90. The molecule has 114 valence electrons. The van der Waals surface area contributed by atoms with E-state index in [-0.39, 0.29) is 16.7 Å². The maximum atomic E-state index is 10.0. The summed E-state index contributed by atoms with van der Waals surface area (Å²) >= 11 is 18.2. The Labute approximate surface area is 133 Å². The molecule has 1 fully saturated rings. The summed E-state index contributed by atoms with van der Waals surface area (Å²) in [4.78, 5) is 11.9. The quantitative estimate of drug-likeness (QED) is 0.530. The Morgan fingerprint density at radius 3 is 2.76 bits per heavy atom. The Bertz CT molecular complexity index is 694. The molecule has 0 spiro atoms. The van der Waals surface area contributed by atoms with Crippen LogP contribution in [0.25, 0.3) is 11.2 Å². The molecule has 21 heavy (non-hydrogen) atoms. The van der Waals surface area contributed by atoms with Gasteiger partial charge >= 0.3 is 0 Å². The molecule has 1 saturated heterocycles. The molecular formula is C10H10Cl3N5O3. The van der Waals surface area contributed by atoms with Crippen molar-refractivity contribution in [3.63, 3.8) is 0 Å². The fourth-order valence-electron chi connectivity index (χ4n) is 2.19. The van der Waals surface area contributed by atoms with Crippen LogP contribution in [0, 0.1) is 0 Å². The first-order valence-corrected chi connectivity index (χ1v) is 6.97. The molecular weight excluding hydrogens is 345 g/mol. The minimum absolute atomic E-state index is 0.0544. The van der Waals surface area contributed by atoms with E-state index in [0.29, 0.717) is 5.52 Å². The first-order valence-electron chi connectivity index (χ1n) is 5.84. The van der Waals surface area contributed by atoms with Crippen molar-refractivity contribution in [1.29, 1.82) is 0 Å². The standard InChI is InChI=1S/C10H10Cl3N5O3/c11-6-4-7(17-9(14)16-6)18(2-15-4)8-10(12,13)5(20)3(1-19)21-8/h2-3,5,8,19-20H,1H2,(H2,14,16,17)/t3-,5-,8-/m1/s1. The van der Waals surface area contributed by atoms with Crippen LogP contribution in [0.3, 0.4) is 0 Å². The summed E-state index contributed by atoms with van der Waals surface area (Å²) in [6.45, 7) is -0.441. The minimum atomic E-state index is -1.70. The van der Waals surface area contributed by atoms with Gasteiger partial charge in [-0.05, 0) is 0 Å². The Hall–Kier alpha value is -0.900. The van der Waals surface area contributed by atoms with E-state index in [9.17, 15) is 10.2 Å². The topological polar surface area (TPSA) is 119 Å². The number of aliphatic hydroxyl groups is 2. The number of aliphatic hydroxyl groups excluding tert-OH is 2. The normalized spacial score (nSPS) is 28.3. The number of fused-ring (bicyclic) bond motifs is 1. The average molecular weight is 355 g/mol. The molecule has 8 nitrogen and oxygen atoms in total. The highest BCUT2D eigenvalue weighted by Crippen LogP contribution is 2.47. The van der Waals surface area contributed by atoms with Gasteiger partial charge in [0.25, 0.3) is 0 Å². The molecule has 0 bridgehead atoms. The van der Waals surface area contributed by atoms with Gasteiger partial charge in [-0.1, -0.05) is 34.8 Å². The molecule has 4 N–H and O–H groups in total. The van der Waals surface area contributed by atoms with Crippen molar-refractivity contribution in [3.05, 3.63) is 11.5 Å². The summed E-state index contributed by atoms with van der Waals surface area (Å²) in [6, 6.07) is 0. The number of nitrogens with zero attached hydrogens (tertiary/aromatic N) is 4. The lowest BCUT2D eigenvalue weighted by Gasteiger charge is -2.23. The van der Waals surface area contributed by atoms with E-state index in [2.05, 4.69) is 15.0 Å². The Kier molecular flexibility index (Phi) is 3.63. The van der Waals surface area contributed by atoms with Gasteiger partial charge < -0.3 is 20.7 Å². The molecule has 1 aliphatic heterocycles. The lowest BCUT2D eigenvalue weighted by Crippen LogP contribution is -2.37. The molecule has 0 amide bonds. The fourth-order valence-corrected chi connectivity index (χ4v) is 3.00. The Morgan fingerprint density at radius 2 is 2.14 bits per heavy atom. The van der Waals surface area contributed by atoms with Crippen molar-refractivity contribution < 1.29 is 14.9 Å². The van der Waals surface area contributed by atoms with Crippen molar-refractivity contribution >= 4 is 51.9 Å². The third kappa shape index (κ3) is 2.23. The number of alkyl halides is 2. The molecule has 0 unspecified atom stereocenters. The summed E-state index contributed by atoms with van der Waals surface area (Å²) in [7, 11) is 0. The van der Waals surface area contributed by atoms with Gasteiger partial charge in [0.1, 0.15) is 17.7 Å². The smallest absolute Gasteiger partial charge is 0.223 e. The highest BCUT2D eigenvalue weighted by atomic mass is 35.5. The van der Waals surface area contributed by atoms with Gasteiger partial charge in [-0.15, -0.1) is 0 Å². The van der Waals surface area contributed by atoms with E-state index in [1.807, 2.05) is 0 Å². The molecule has 3 rings (SSSR count). The monoisotopic (exact) mass is 353 g/mol. The van der Waals surface area contributed by atoms with Crippen molar-refractivity contribution in [2.24, 2.45) is 0 Å². The number of halogens is 3. The largest absolute Gasteiger partial charge is 0.394 e. The van der Waals surface area contributed by atoms with Crippen molar-refractivity contribution in [1.82, 2.24) is 19.5 Å². The number of imidazole rings is 1. The van der Waals surface area contributed by atoms with Gasteiger partial charge in [-0.2, -0.15) is 9.97 Å². The van der Waals surface area contributed by atoms with Crippen LogP contribution < -0.4 is 5.73 Å². The van der Waals surface area contributed by atoms with E-state index in [0.717, 1.165) is 0 Å².